The number of aliphatic hydroxyl groups excluding tert-OH is 1. The Balaban J connectivity index is 1.74. The highest BCUT2D eigenvalue weighted by molar-refractivity contribution is 5.70. The molecule has 4 rings (SSSR count). The third-order valence-electron chi connectivity index (χ3n) is 6.84. The Kier molecular flexibility index (Phi) is 3.64. The van der Waals surface area contributed by atoms with E-state index in [1.165, 1.54) is 26.2 Å². The van der Waals surface area contributed by atoms with Crippen LogP contribution in [0.15, 0.2) is 12.1 Å². The van der Waals surface area contributed by atoms with E-state index in [4.69, 9.17) is 4.74 Å². The number of ether oxygens (including phenoxy) is 1. The summed E-state index contributed by atoms with van der Waals surface area (Å²) in [5.74, 6) is 1.18. The summed E-state index contributed by atoms with van der Waals surface area (Å²) in [5, 5.41) is 21.5. The van der Waals surface area contributed by atoms with E-state index in [2.05, 4.69) is 6.92 Å². The van der Waals surface area contributed by atoms with Crippen molar-refractivity contribution < 1.29 is 19.7 Å². The third kappa shape index (κ3) is 2.34. The molecule has 3 aliphatic rings. The third-order valence-corrected chi connectivity index (χ3v) is 6.84. The normalized spacial score (nSPS) is 37.3. The predicted molar refractivity (Wildman–Crippen MR) is 90.0 cm³/mol. The maximum Gasteiger partial charge on any atom is 0.308 e. The van der Waals surface area contributed by atoms with Crippen LogP contribution in [0.4, 0.5) is 0 Å². The molecule has 2 N–H and O–H groups in total. The SMILES string of the molecule is CC(=O)Oc1cc(O)c2c(c1)CC(O)[C@@H]1[C@@H]2CC[C@]2(C)CCC[C@@H]12. The first-order chi connectivity index (χ1) is 11.4. The Hall–Kier alpha value is -1.55. The van der Waals surface area contributed by atoms with Crippen LogP contribution in [0.2, 0.25) is 0 Å². The minimum absolute atomic E-state index is 0.214. The molecule has 4 heteroatoms. The molecule has 0 aliphatic heterocycles. The minimum atomic E-state index is -0.400. The van der Waals surface area contributed by atoms with Crippen LogP contribution in [-0.4, -0.2) is 22.3 Å². The predicted octanol–water partition coefficient (Wildman–Crippen LogP) is 3.53. The van der Waals surface area contributed by atoms with Crippen molar-refractivity contribution in [3.63, 3.8) is 0 Å². The van der Waals surface area contributed by atoms with Gasteiger partial charge >= 0.3 is 5.97 Å². The highest BCUT2D eigenvalue weighted by Crippen LogP contribution is 2.61. The molecule has 0 spiro atoms. The number of phenols is 1. The average Bonchev–Trinajstić information content (AvgIpc) is 2.87. The number of rotatable bonds is 1. The summed E-state index contributed by atoms with van der Waals surface area (Å²) in [5.41, 5.74) is 2.27. The molecule has 0 bridgehead atoms. The fraction of sp³-hybridized carbons (Fsp3) is 0.650. The maximum absolute atomic E-state index is 11.2. The molecule has 130 valence electrons. The van der Waals surface area contributed by atoms with E-state index in [0.717, 1.165) is 24.0 Å². The first kappa shape index (κ1) is 15.9. The Bertz CT molecular complexity index is 682. The van der Waals surface area contributed by atoms with E-state index in [0.29, 0.717) is 23.5 Å². The van der Waals surface area contributed by atoms with Gasteiger partial charge in [-0.05, 0) is 66.9 Å². The average molecular weight is 330 g/mol. The van der Waals surface area contributed by atoms with E-state index >= 15 is 0 Å². The molecule has 0 amide bonds. The number of fused-ring (bicyclic) bond motifs is 5. The van der Waals surface area contributed by atoms with Gasteiger partial charge in [-0.25, -0.2) is 0 Å². The monoisotopic (exact) mass is 330 g/mol. The molecule has 0 aromatic heterocycles. The van der Waals surface area contributed by atoms with Gasteiger partial charge in [0.05, 0.1) is 6.10 Å². The van der Waals surface area contributed by atoms with Crippen LogP contribution in [0.5, 0.6) is 11.5 Å². The van der Waals surface area contributed by atoms with Crippen molar-refractivity contribution in [1.29, 1.82) is 0 Å². The molecule has 0 saturated heterocycles. The smallest absolute Gasteiger partial charge is 0.308 e. The minimum Gasteiger partial charge on any atom is -0.508 e. The van der Waals surface area contributed by atoms with Crippen molar-refractivity contribution in [3.05, 3.63) is 23.3 Å². The van der Waals surface area contributed by atoms with Crippen molar-refractivity contribution >= 4 is 5.97 Å². The quantitative estimate of drug-likeness (QED) is 0.610. The molecule has 1 unspecified atom stereocenters. The fourth-order valence-electron chi connectivity index (χ4n) is 5.91. The van der Waals surface area contributed by atoms with Crippen LogP contribution in [-0.2, 0) is 11.2 Å². The van der Waals surface area contributed by atoms with Crippen molar-refractivity contribution in [2.75, 3.05) is 0 Å². The highest BCUT2D eigenvalue weighted by atomic mass is 16.5. The molecule has 2 fully saturated rings. The number of benzene rings is 1. The van der Waals surface area contributed by atoms with Gasteiger partial charge in [-0.3, -0.25) is 4.79 Å². The topological polar surface area (TPSA) is 66.8 Å². The van der Waals surface area contributed by atoms with E-state index in [9.17, 15) is 15.0 Å². The summed E-state index contributed by atoms with van der Waals surface area (Å²) in [6.07, 6.45) is 6.04. The van der Waals surface area contributed by atoms with E-state index in [1.54, 1.807) is 6.07 Å². The second-order valence-electron chi connectivity index (χ2n) is 8.26. The Morgan fingerprint density at radius 2 is 2.08 bits per heavy atom. The largest absolute Gasteiger partial charge is 0.508 e. The molecule has 0 radical (unpaired) electrons. The number of esters is 1. The summed E-state index contributed by atoms with van der Waals surface area (Å²) in [4.78, 5) is 11.2. The summed E-state index contributed by atoms with van der Waals surface area (Å²) in [6, 6.07) is 3.37. The molecule has 24 heavy (non-hydrogen) atoms. The lowest BCUT2D eigenvalue weighted by atomic mass is 9.55. The van der Waals surface area contributed by atoms with Gasteiger partial charge in [0.25, 0.3) is 0 Å². The van der Waals surface area contributed by atoms with Crippen LogP contribution in [0, 0.1) is 17.3 Å². The molecule has 5 atom stereocenters. The van der Waals surface area contributed by atoms with Gasteiger partial charge in [0.15, 0.2) is 0 Å². The molecule has 1 aromatic rings. The zero-order valence-corrected chi connectivity index (χ0v) is 14.4. The van der Waals surface area contributed by atoms with Gasteiger partial charge in [0, 0.05) is 18.6 Å². The molecule has 4 nitrogen and oxygen atoms in total. The second kappa shape index (κ2) is 5.48. The fourth-order valence-corrected chi connectivity index (χ4v) is 5.91. The summed E-state index contributed by atoms with van der Waals surface area (Å²) in [7, 11) is 0. The van der Waals surface area contributed by atoms with Gasteiger partial charge in [-0.1, -0.05) is 13.3 Å². The van der Waals surface area contributed by atoms with Gasteiger partial charge < -0.3 is 14.9 Å². The lowest BCUT2D eigenvalue weighted by Gasteiger charge is -2.51. The number of hydrogen-bond donors (Lipinski definition) is 2. The summed E-state index contributed by atoms with van der Waals surface area (Å²) >= 11 is 0. The Morgan fingerprint density at radius 1 is 1.29 bits per heavy atom. The van der Waals surface area contributed by atoms with Gasteiger partial charge in [0.1, 0.15) is 11.5 Å². The van der Waals surface area contributed by atoms with Gasteiger partial charge in [-0.2, -0.15) is 0 Å². The molecule has 1 aromatic carbocycles. The van der Waals surface area contributed by atoms with Crippen molar-refractivity contribution in [3.8, 4) is 11.5 Å². The lowest BCUT2D eigenvalue weighted by Crippen LogP contribution is -2.46. The van der Waals surface area contributed by atoms with Crippen LogP contribution in [0.25, 0.3) is 0 Å². The first-order valence-corrected chi connectivity index (χ1v) is 9.11. The number of hydrogen-bond acceptors (Lipinski definition) is 4. The van der Waals surface area contributed by atoms with Crippen LogP contribution in [0.1, 0.15) is 63.0 Å². The Labute approximate surface area is 142 Å². The molecule has 2 saturated carbocycles. The van der Waals surface area contributed by atoms with Crippen molar-refractivity contribution in [2.45, 2.75) is 64.4 Å². The van der Waals surface area contributed by atoms with Gasteiger partial charge in [0.2, 0.25) is 0 Å². The van der Waals surface area contributed by atoms with Crippen LogP contribution in [0.3, 0.4) is 0 Å². The standard InChI is InChI=1S/C20H26O4/c1-11(21)24-13-8-12-9-16(22)19-14(18(12)17(23)10-13)5-7-20(2)6-3-4-15(19)20/h8,10,14-16,19,22-23H,3-7,9H2,1-2H3/t14-,15+,16?,19-,20+/m1/s1. The van der Waals surface area contributed by atoms with Gasteiger partial charge in [-0.15, -0.1) is 0 Å². The molecular formula is C20H26O4. The number of aromatic hydroxyl groups is 1. The molecule has 0 heterocycles. The van der Waals surface area contributed by atoms with Crippen LogP contribution >= 0.6 is 0 Å². The molecular weight excluding hydrogens is 304 g/mol. The number of carbonyl (C=O) groups is 1. The zero-order chi connectivity index (χ0) is 17.1. The van der Waals surface area contributed by atoms with Crippen molar-refractivity contribution in [2.24, 2.45) is 17.3 Å². The van der Waals surface area contributed by atoms with Crippen LogP contribution < -0.4 is 4.74 Å². The number of aliphatic hydroxyl groups is 1. The van der Waals surface area contributed by atoms with Crippen molar-refractivity contribution in [1.82, 2.24) is 0 Å². The molecule has 3 aliphatic carbocycles. The van der Waals surface area contributed by atoms with E-state index in [1.807, 2.05) is 6.07 Å². The maximum atomic E-state index is 11.2. The number of phenolic OH excluding ortho intramolecular Hbond substituents is 1. The van der Waals surface area contributed by atoms with E-state index in [-0.39, 0.29) is 23.7 Å². The zero-order valence-electron chi connectivity index (χ0n) is 14.4. The first-order valence-electron chi connectivity index (χ1n) is 9.11. The Morgan fingerprint density at radius 3 is 2.83 bits per heavy atom. The summed E-state index contributed by atoms with van der Waals surface area (Å²) < 4.78 is 5.14. The number of carbonyl (C=O) groups excluding carboxylic acids is 1. The highest BCUT2D eigenvalue weighted by Gasteiger charge is 2.53. The van der Waals surface area contributed by atoms with E-state index < -0.39 is 5.97 Å². The summed E-state index contributed by atoms with van der Waals surface area (Å²) in [6.45, 7) is 3.73. The lowest BCUT2D eigenvalue weighted by molar-refractivity contribution is -0.131. The second-order valence-corrected chi connectivity index (χ2v) is 8.26.